The van der Waals surface area contributed by atoms with Crippen LogP contribution < -0.4 is 0 Å². The summed E-state index contributed by atoms with van der Waals surface area (Å²) in [5.41, 5.74) is 5.91. The molecule has 17 heavy (non-hydrogen) atoms. The normalized spacial score (nSPS) is 10.5. The van der Waals surface area contributed by atoms with Crippen molar-refractivity contribution in [2.75, 3.05) is 0 Å². The van der Waals surface area contributed by atoms with E-state index >= 15 is 0 Å². The van der Waals surface area contributed by atoms with Gasteiger partial charge >= 0.3 is 0 Å². The second kappa shape index (κ2) is 4.58. The summed E-state index contributed by atoms with van der Waals surface area (Å²) in [5, 5.41) is 4.54. The van der Waals surface area contributed by atoms with Crippen molar-refractivity contribution in [3.05, 3.63) is 59.4 Å². The minimum atomic E-state index is 0.870. The van der Waals surface area contributed by atoms with Crippen molar-refractivity contribution in [3.8, 4) is 5.69 Å². The summed E-state index contributed by atoms with van der Waals surface area (Å²) in [4.78, 5) is 0. The third-order valence-corrected chi connectivity index (χ3v) is 2.84. The summed E-state index contributed by atoms with van der Waals surface area (Å²) in [5.74, 6) is 0. The number of rotatable bonds is 3. The van der Waals surface area contributed by atoms with Crippen LogP contribution in [-0.2, 0) is 6.42 Å². The van der Waals surface area contributed by atoms with Crippen LogP contribution in [0.5, 0.6) is 0 Å². The standard InChI is InChI=1S/C15H18N2/c1-5-6-14-9-11(2)7-8-15(14)17-13(4)10-12(3)16-17/h5,7-10H,1,6H2,2-4H3. The van der Waals surface area contributed by atoms with Crippen molar-refractivity contribution in [3.63, 3.8) is 0 Å². The van der Waals surface area contributed by atoms with Crippen molar-refractivity contribution >= 4 is 0 Å². The first-order chi connectivity index (χ1) is 8.11. The van der Waals surface area contributed by atoms with E-state index in [0.717, 1.165) is 23.5 Å². The van der Waals surface area contributed by atoms with E-state index in [9.17, 15) is 0 Å². The van der Waals surface area contributed by atoms with Gasteiger partial charge in [-0.2, -0.15) is 5.10 Å². The molecule has 2 aromatic rings. The third-order valence-electron chi connectivity index (χ3n) is 2.84. The fourth-order valence-corrected chi connectivity index (χ4v) is 2.11. The number of nitrogens with zero attached hydrogens (tertiary/aromatic N) is 2. The van der Waals surface area contributed by atoms with Gasteiger partial charge in [-0.05, 0) is 44.9 Å². The van der Waals surface area contributed by atoms with Crippen molar-refractivity contribution in [1.29, 1.82) is 0 Å². The molecule has 0 saturated heterocycles. The summed E-state index contributed by atoms with van der Waals surface area (Å²) in [7, 11) is 0. The number of aromatic nitrogens is 2. The third kappa shape index (κ3) is 2.31. The summed E-state index contributed by atoms with van der Waals surface area (Å²) < 4.78 is 2.01. The fraction of sp³-hybridized carbons (Fsp3) is 0.267. The van der Waals surface area contributed by atoms with E-state index in [1.807, 2.05) is 17.7 Å². The molecular formula is C15H18N2. The van der Waals surface area contributed by atoms with Gasteiger partial charge < -0.3 is 0 Å². The van der Waals surface area contributed by atoms with Crippen LogP contribution in [0.4, 0.5) is 0 Å². The smallest absolute Gasteiger partial charge is 0.0684 e. The molecule has 2 heteroatoms. The monoisotopic (exact) mass is 226 g/mol. The number of allylic oxidation sites excluding steroid dienone is 1. The Hall–Kier alpha value is -1.83. The Morgan fingerprint density at radius 1 is 1.24 bits per heavy atom. The Morgan fingerprint density at radius 3 is 2.59 bits per heavy atom. The Labute approximate surface area is 103 Å². The van der Waals surface area contributed by atoms with Crippen LogP contribution in [0.1, 0.15) is 22.5 Å². The minimum Gasteiger partial charge on any atom is -0.238 e. The van der Waals surface area contributed by atoms with E-state index in [1.54, 1.807) is 0 Å². The van der Waals surface area contributed by atoms with Gasteiger partial charge in [0.15, 0.2) is 0 Å². The van der Waals surface area contributed by atoms with Crippen molar-refractivity contribution < 1.29 is 0 Å². The first-order valence-electron chi connectivity index (χ1n) is 5.86. The molecular weight excluding hydrogens is 208 g/mol. The predicted molar refractivity (Wildman–Crippen MR) is 71.7 cm³/mol. The van der Waals surface area contributed by atoms with Gasteiger partial charge in [-0.15, -0.1) is 6.58 Å². The zero-order chi connectivity index (χ0) is 12.4. The average Bonchev–Trinajstić information content (AvgIpc) is 2.59. The summed E-state index contributed by atoms with van der Waals surface area (Å²) in [6.45, 7) is 10.0. The second-order valence-corrected chi connectivity index (χ2v) is 4.46. The molecule has 1 heterocycles. The van der Waals surface area contributed by atoms with E-state index in [4.69, 9.17) is 0 Å². The second-order valence-electron chi connectivity index (χ2n) is 4.46. The van der Waals surface area contributed by atoms with Crippen LogP contribution in [0.2, 0.25) is 0 Å². The maximum absolute atomic E-state index is 4.54. The van der Waals surface area contributed by atoms with Gasteiger partial charge in [0.2, 0.25) is 0 Å². The van der Waals surface area contributed by atoms with E-state index in [2.05, 4.69) is 49.8 Å². The Bertz CT molecular complexity index is 550. The highest BCUT2D eigenvalue weighted by Gasteiger charge is 2.08. The van der Waals surface area contributed by atoms with Gasteiger partial charge in [-0.25, -0.2) is 4.68 Å². The highest BCUT2D eigenvalue weighted by atomic mass is 15.3. The molecule has 0 unspecified atom stereocenters. The lowest BCUT2D eigenvalue weighted by Gasteiger charge is -2.11. The van der Waals surface area contributed by atoms with Crippen LogP contribution in [0.25, 0.3) is 5.69 Å². The zero-order valence-electron chi connectivity index (χ0n) is 10.7. The molecule has 0 radical (unpaired) electrons. The number of benzene rings is 1. The summed E-state index contributed by atoms with van der Waals surface area (Å²) >= 11 is 0. The Kier molecular flexibility index (Phi) is 3.14. The number of hydrogen-bond acceptors (Lipinski definition) is 1. The van der Waals surface area contributed by atoms with Crippen molar-refractivity contribution in [2.24, 2.45) is 0 Å². The highest BCUT2D eigenvalue weighted by Crippen LogP contribution is 2.19. The molecule has 0 amide bonds. The average molecular weight is 226 g/mol. The van der Waals surface area contributed by atoms with Crippen molar-refractivity contribution in [2.45, 2.75) is 27.2 Å². The van der Waals surface area contributed by atoms with Crippen LogP contribution in [0.3, 0.4) is 0 Å². The first-order valence-corrected chi connectivity index (χ1v) is 5.86. The van der Waals surface area contributed by atoms with Gasteiger partial charge in [0, 0.05) is 5.69 Å². The topological polar surface area (TPSA) is 17.8 Å². The number of hydrogen-bond donors (Lipinski definition) is 0. The fourth-order valence-electron chi connectivity index (χ4n) is 2.11. The van der Waals surface area contributed by atoms with Gasteiger partial charge in [-0.3, -0.25) is 0 Å². The van der Waals surface area contributed by atoms with E-state index < -0.39 is 0 Å². The minimum absolute atomic E-state index is 0.870. The maximum Gasteiger partial charge on any atom is 0.0684 e. The molecule has 0 atom stereocenters. The molecule has 0 bridgehead atoms. The molecule has 2 nitrogen and oxygen atoms in total. The predicted octanol–water partition coefficient (Wildman–Crippen LogP) is 3.53. The van der Waals surface area contributed by atoms with E-state index in [0.29, 0.717) is 0 Å². The molecule has 88 valence electrons. The largest absolute Gasteiger partial charge is 0.238 e. The van der Waals surface area contributed by atoms with Gasteiger partial charge in [-0.1, -0.05) is 23.8 Å². The summed E-state index contributed by atoms with van der Waals surface area (Å²) in [6, 6.07) is 8.55. The molecule has 0 aliphatic heterocycles. The molecule has 0 fully saturated rings. The SMILES string of the molecule is C=CCc1cc(C)ccc1-n1nc(C)cc1C. The lowest BCUT2D eigenvalue weighted by Crippen LogP contribution is -2.03. The first kappa shape index (κ1) is 11.6. The maximum atomic E-state index is 4.54. The molecule has 0 aliphatic carbocycles. The Balaban J connectivity index is 2.58. The molecule has 1 aromatic carbocycles. The van der Waals surface area contributed by atoms with Gasteiger partial charge in [0.25, 0.3) is 0 Å². The van der Waals surface area contributed by atoms with Crippen molar-refractivity contribution in [1.82, 2.24) is 9.78 Å². The molecule has 2 rings (SSSR count). The van der Waals surface area contributed by atoms with E-state index in [-0.39, 0.29) is 0 Å². The lowest BCUT2D eigenvalue weighted by molar-refractivity contribution is 0.823. The summed E-state index contributed by atoms with van der Waals surface area (Å²) in [6.07, 6.45) is 2.80. The van der Waals surface area contributed by atoms with E-state index in [1.165, 1.54) is 11.1 Å². The van der Waals surface area contributed by atoms with Gasteiger partial charge in [0.1, 0.15) is 0 Å². The quantitative estimate of drug-likeness (QED) is 0.732. The lowest BCUT2D eigenvalue weighted by atomic mass is 10.1. The van der Waals surface area contributed by atoms with Gasteiger partial charge in [0.05, 0.1) is 11.4 Å². The molecule has 0 N–H and O–H groups in total. The highest BCUT2D eigenvalue weighted by molar-refractivity contribution is 5.45. The van der Waals surface area contributed by atoms with Crippen LogP contribution >= 0.6 is 0 Å². The molecule has 1 aromatic heterocycles. The molecule has 0 aliphatic rings. The van der Waals surface area contributed by atoms with Crippen LogP contribution in [-0.4, -0.2) is 9.78 Å². The zero-order valence-corrected chi connectivity index (χ0v) is 10.7. The molecule has 0 spiro atoms. The Morgan fingerprint density at radius 2 is 2.00 bits per heavy atom. The number of aryl methyl sites for hydroxylation is 3. The van der Waals surface area contributed by atoms with Crippen LogP contribution in [0.15, 0.2) is 36.9 Å². The van der Waals surface area contributed by atoms with Crippen LogP contribution in [0, 0.1) is 20.8 Å². The molecule has 0 saturated carbocycles.